The molecule has 0 fully saturated rings. The average Bonchev–Trinajstić information content (AvgIpc) is 2.52. The summed E-state index contributed by atoms with van der Waals surface area (Å²) in [6.07, 6.45) is 13.5. The zero-order valence-corrected chi connectivity index (χ0v) is 16.0. The lowest BCUT2D eigenvalue weighted by Crippen LogP contribution is -2.06. The van der Waals surface area contributed by atoms with Crippen molar-refractivity contribution in [1.29, 1.82) is 0 Å². The van der Waals surface area contributed by atoms with E-state index in [1.54, 1.807) is 0 Å². The molecule has 0 aliphatic heterocycles. The van der Waals surface area contributed by atoms with Crippen molar-refractivity contribution in [3.63, 3.8) is 0 Å². The molecule has 1 aromatic carbocycles. The highest BCUT2D eigenvalue weighted by Crippen LogP contribution is 2.31. The summed E-state index contributed by atoms with van der Waals surface area (Å²) in [7, 11) is 0. The van der Waals surface area contributed by atoms with Crippen molar-refractivity contribution >= 4 is 0 Å². The second-order valence-corrected chi connectivity index (χ2v) is 7.24. The van der Waals surface area contributed by atoms with E-state index in [0.717, 1.165) is 24.3 Å². The Balaban J connectivity index is 2.78. The van der Waals surface area contributed by atoms with Crippen LogP contribution in [0, 0.1) is 12.8 Å². The van der Waals surface area contributed by atoms with Crippen LogP contribution in [0.1, 0.15) is 95.2 Å². The van der Waals surface area contributed by atoms with E-state index in [1.165, 1.54) is 68.9 Å². The lowest BCUT2D eigenvalue weighted by molar-refractivity contribution is 0.405. The lowest BCUT2D eigenvalue weighted by atomic mass is 9.88. The summed E-state index contributed by atoms with van der Waals surface area (Å²) < 4.78 is 0. The third-order valence-electron chi connectivity index (χ3n) is 4.88. The lowest BCUT2D eigenvalue weighted by Gasteiger charge is -2.19. The predicted molar refractivity (Wildman–Crippen MR) is 102 cm³/mol. The molecule has 0 amide bonds. The van der Waals surface area contributed by atoms with Gasteiger partial charge in [0.25, 0.3) is 0 Å². The molecule has 0 aromatic heterocycles. The van der Waals surface area contributed by atoms with Crippen LogP contribution in [0.4, 0.5) is 0 Å². The van der Waals surface area contributed by atoms with Gasteiger partial charge >= 0.3 is 0 Å². The first-order valence-corrected chi connectivity index (χ1v) is 9.93. The molecule has 1 rings (SSSR count). The molecule has 1 nitrogen and oxygen atoms in total. The van der Waals surface area contributed by atoms with Gasteiger partial charge in [-0.2, -0.15) is 0 Å². The molecule has 1 N–H and O–H groups in total. The molecule has 1 unspecified atom stereocenters. The maximum absolute atomic E-state index is 10.7. The minimum absolute atomic E-state index is 0.586. The third kappa shape index (κ3) is 7.42. The summed E-state index contributed by atoms with van der Waals surface area (Å²) in [5.41, 5.74) is 3.65. The van der Waals surface area contributed by atoms with Crippen molar-refractivity contribution in [3.8, 4) is 5.75 Å². The molecule has 132 valence electrons. The Morgan fingerprint density at radius 2 is 1.48 bits per heavy atom. The highest BCUT2D eigenvalue weighted by molar-refractivity contribution is 5.43. The molecule has 0 spiro atoms. The van der Waals surface area contributed by atoms with E-state index in [2.05, 4.69) is 39.8 Å². The zero-order chi connectivity index (χ0) is 17.1. The van der Waals surface area contributed by atoms with E-state index >= 15 is 0 Å². The van der Waals surface area contributed by atoms with Gasteiger partial charge in [0, 0.05) is 0 Å². The van der Waals surface area contributed by atoms with Crippen molar-refractivity contribution in [1.82, 2.24) is 0 Å². The highest BCUT2D eigenvalue weighted by atomic mass is 16.3. The van der Waals surface area contributed by atoms with Crippen molar-refractivity contribution in [2.45, 2.75) is 98.3 Å². The first kappa shape index (κ1) is 20.1. The van der Waals surface area contributed by atoms with Crippen molar-refractivity contribution in [2.24, 2.45) is 5.92 Å². The Kier molecular flexibility index (Phi) is 10.1. The van der Waals surface area contributed by atoms with Gasteiger partial charge < -0.3 is 5.11 Å². The van der Waals surface area contributed by atoms with Gasteiger partial charge in [0.1, 0.15) is 5.75 Å². The van der Waals surface area contributed by atoms with Gasteiger partial charge in [-0.05, 0) is 43.2 Å². The summed E-state index contributed by atoms with van der Waals surface area (Å²) in [5, 5.41) is 10.7. The van der Waals surface area contributed by atoms with Gasteiger partial charge in [-0.3, -0.25) is 0 Å². The second kappa shape index (κ2) is 11.5. The molecule has 0 radical (unpaired) electrons. The fourth-order valence-electron chi connectivity index (χ4n) is 3.60. The van der Waals surface area contributed by atoms with E-state index in [-0.39, 0.29) is 0 Å². The third-order valence-corrected chi connectivity index (χ3v) is 4.88. The van der Waals surface area contributed by atoms with E-state index in [9.17, 15) is 5.11 Å². The molecular weight excluding hydrogens is 280 g/mol. The van der Waals surface area contributed by atoms with Gasteiger partial charge in [-0.25, -0.2) is 0 Å². The number of phenolic OH excluding ortho intramolecular Hbond substituents is 1. The Morgan fingerprint density at radius 1 is 0.826 bits per heavy atom. The largest absolute Gasteiger partial charge is 0.507 e. The van der Waals surface area contributed by atoms with Crippen LogP contribution < -0.4 is 0 Å². The normalized spacial score (nSPS) is 12.5. The average molecular weight is 319 g/mol. The van der Waals surface area contributed by atoms with Crippen LogP contribution in [-0.4, -0.2) is 5.11 Å². The van der Waals surface area contributed by atoms with Crippen molar-refractivity contribution in [2.75, 3.05) is 0 Å². The summed E-state index contributed by atoms with van der Waals surface area (Å²) in [6.45, 7) is 8.94. The summed E-state index contributed by atoms with van der Waals surface area (Å²) in [4.78, 5) is 0. The number of unbranched alkanes of at least 4 members (excludes halogenated alkanes) is 4. The zero-order valence-electron chi connectivity index (χ0n) is 16.0. The maximum Gasteiger partial charge on any atom is 0.121 e. The van der Waals surface area contributed by atoms with Gasteiger partial charge in [-0.1, -0.05) is 89.8 Å². The molecular formula is C22H38O. The highest BCUT2D eigenvalue weighted by Gasteiger charge is 2.14. The summed E-state index contributed by atoms with van der Waals surface area (Å²) in [5.74, 6) is 1.31. The van der Waals surface area contributed by atoms with Crippen LogP contribution >= 0.6 is 0 Å². The number of benzene rings is 1. The van der Waals surface area contributed by atoms with Gasteiger partial charge in [0.2, 0.25) is 0 Å². The molecule has 1 aromatic rings. The first-order valence-electron chi connectivity index (χ1n) is 9.93. The number of rotatable bonds is 12. The quantitative estimate of drug-likeness (QED) is 0.412. The Bertz CT molecular complexity index is 436. The van der Waals surface area contributed by atoms with Crippen LogP contribution in [0.5, 0.6) is 5.75 Å². The van der Waals surface area contributed by atoms with Crippen molar-refractivity contribution in [3.05, 3.63) is 28.8 Å². The molecule has 1 atom stereocenters. The van der Waals surface area contributed by atoms with Crippen molar-refractivity contribution < 1.29 is 5.11 Å². The van der Waals surface area contributed by atoms with E-state index in [4.69, 9.17) is 0 Å². The molecule has 0 heterocycles. The van der Waals surface area contributed by atoms with E-state index in [1.807, 2.05) is 0 Å². The topological polar surface area (TPSA) is 20.2 Å². The second-order valence-electron chi connectivity index (χ2n) is 7.24. The van der Waals surface area contributed by atoms with Crippen LogP contribution in [0.15, 0.2) is 12.1 Å². The molecule has 0 saturated heterocycles. The molecule has 0 bridgehead atoms. The predicted octanol–water partition coefficient (Wildman–Crippen LogP) is 6.97. The monoisotopic (exact) mass is 318 g/mol. The minimum atomic E-state index is 0.586. The Morgan fingerprint density at radius 3 is 2.13 bits per heavy atom. The number of phenols is 1. The molecule has 1 heteroatoms. The SMILES string of the molecule is CCCCCc1cc(C)cc(CC(CCC)CCCCC)c1O. The van der Waals surface area contributed by atoms with Crippen LogP contribution in [-0.2, 0) is 12.8 Å². The van der Waals surface area contributed by atoms with Gasteiger partial charge in [-0.15, -0.1) is 0 Å². The molecule has 23 heavy (non-hydrogen) atoms. The Hall–Kier alpha value is -0.980. The van der Waals surface area contributed by atoms with Gasteiger partial charge in [0.15, 0.2) is 0 Å². The maximum atomic E-state index is 10.7. The Labute approximate surface area is 144 Å². The van der Waals surface area contributed by atoms with Crippen LogP contribution in [0.25, 0.3) is 0 Å². The number of hydrogen-bond donors (Lipinski definition) is 1. The number of aromatic hydroxyl groups is 1. The standard InChI is InChI=1S/C22H38O/c1-5-8-10-13-19(12-7-3)17-21-16-18(4)15-20(22(21)23)14-11-9-6-2/h15-16,19,23H,5-14,17H2,1-4H3. The minimum Gasteiger partial charge on any atom is -0.507 e. The summed E-state index contributed by atoms with van der Waals surface area (Å²) >= 11 is 0. The molecule has 0 aliphatic rings. The molecule has 0 aliphatic carbocycles. The number of hydrogen-bond acceptors (Lipinski definition) is 1. The van der Waals surface area contributed by atoms with Crippen LogP contribution in [0.3, 0.4) is 0 Å². The first-order chi connectivity index (χ1) is 11.1. The fraction of sp³-hybridized carbons (Fsp3) is 0.727. The smallest absolute Gasteiger partial charge is 0.121 e. The summed E-state index contributed by atoms with van der Waals surface area (Å²) in [6, 6.07) is 4.39. The fourth-order valence-corrected chi connectivity index (χ4v) is 3.60. The number of aryl methyl sites for hydroxylation is 2. The van der Waals surface area contributed by atoms with E-state index < -0.39 is 0 Å². The molecule has 0 saturated carbocycles. The van der Waals surface area contributed by atoms with E-state index in [0.29, 0.717) is 5.75 Å². The van der Waals surface area contributed by atoms with Crippen LogP contribution in [0.2, 0.25) is 0 Å². The van der Waals surface area contributed by atoms with Gasteiger partial charge in [0.05, 0.1) is 0 Å².